The van der Waals surface area contributed by atoms with Crippen LogP contribution in [0.15, 0.2) is 0 Å². The second-order valence-corrected chi connectivity index (χ2v) is 7.85. The maximum atomic E-state index is 12.4. The Morgan fingerprint density at radius 2 is 1.95 bits per heavy atom. The average molecular weight is 339 g/mol. The van der Waals surface area contributed by atoms with E-state index in [2.05, 4.69) is 10.6 Å². The van der Waals surface area contributed by atoms with Crippen molar-refractivity contribution < 1.29 is 22.0 Å². The van der Waals surface area contributed by atoms with Crippen LogP contribution in [0.3, 0.4) is 0 Å². The van der Waals surface area contributed by atoms with Crippen LogP contribution in [0.4, 0.5) is 8.78 Å². The molecule has 6 nitrogen and oxygen atoms in total. The zero-order valence-electron chi connectivity index (χ0n) is 12.4. The van der Waals surface area contributed by atoms with Crippen LogP contribution in [0.1, 0.15) is 32.1 Å². The van der Waals surface area contributed by atoms with Gasteiger partial charge in [0.1, 0.15) is 0 Å². The minimum absolute atomic E-state index is 0.0120. The molecular weight excluding hydrogens is 316 g/mol. The van der Waals surface area contributed by atoms with Crippen LogP contribution in [-0.4, -0.2) is 56.6 Å². The highest BCUT2D eigenvalue weighted by molar-refractivity contribution is 7.89. The number of nitrogens with one attached hydrogen (secondary N) is 2. The maximum absolute atomic E-state index is 12.4. The smallest absolute Gasteiger partial charge is 0.350 e. The minimum Gasteiger partial charge on any atom is -0.356 e. The lowest BCUT2D eigenvalue weighted by Gasteiger charge is -2.30. The molecule has 1 atom stereocenters. The summed E-state index contributed by atoms with van der Waals surface area (Å²) in [4.78, 5) is 11.8. The van der Waals surface area contributed by atoms with Gasteiger partial charge in [-0.25, -0.2) is 8.42 Å². The van der Waals surface area contributed by atoms with Crippen molar-refractivity contribution in [3.05, 3.63) is 0 Å². The van der Waals surface area contributed by atoms with Gasteiger partial charge in [0.2, 0.25) is 5.91 Å². The van der Waals surface area contributed by atoms with Crippen molar-refractivity contribution in [2.45, 2.75) is 43.9 Å². The van der Waals surface area contributed by atoms with Gasteiger partial charge in [-0.2, -0.15) is 13.1 Å². The van der Waals surface area contributed by atoms with E-state index in [1.165, 1.54) is 0 Å². The van der Waals surface area contributed by atoms with E-state index >= 15 is 0 Å². The molecule has 1 amide bonds. The van der Waals surface area contributed by atoms with Crippen LogP contribution in [0.5, 0.6) is 0 Å². The lowest BCUT2D eigenvalue weighted by atomic mass is 9.98. The second-order valence-electron chi connectivity index (χ2n) is 5.95. The van der Waals surface area contributed by atoms with E-state index in [1.807, 2.05) is 0 Å². The SMILES string of the molecule is O=C(CC1CCCN1)NCC1CCN(S(=O)(=O)C(F)F)CC1. The fourth-order valence-corrected chi connectivity index (χ4v) is 3.91. The quantitative estimate of drug-likeness (QED) is 0.739. The first-order valence-corrected chi connectivity index (χ1v) is 9.17. The number of alkyl halides is 2. The standard InChI is InChI=1S/C13H23F2N3O3S/c14-13(15)22(20,21)18-6-3-10(4-7-18)9-17-12(19)8-11-2-1-5-16-11/h10-11,13,16H,1-9H2,(H,17,19). The number of halogens is 2. The minimum atomic E-state index is -4.47. The summed E-state index contributed by atoms with van der Waals surface area (Å²) in [6, 6.07) is 0.248. The van der Waals surface area contributed by atoms with Crippen LogP contribution in [0.2, 0.25) is 0 Å². The first kappa shape index (κ1) is 17.6. The zero-order valence-corrected chi connectivity index (χ0v) is 13.2. The second kappa shape index (κ2) is 7.65. The lowest BCUT2D eigenvalue weighted by Crippen LogP contribution is -2.43. The van der Waals surface area contributed by atoms with E-state index in [1.54, 1.807) is 0 Å². The molecule has 2 rings (SSSR count). The van der Waals surface area contributed by atoms with Crippen molar-refractivity contribution in [3.8, 4) is 0 Å². The molecule has 1 unspecified atom stereocenters. The number of amides is 1. The molecule has 9 heteroatoms. The van der Waals surface area contributed by atoms with Crippen LogP contribution < -0.4 is 10.6 Å². The Morgan fingerprint density at radius 3 is 2.50 bits per heavy atom. The number of hydrogen-bond donors (Lipinski definition) is 2. The van der Waals surface area contributed by atoms with E-state index in [0.29, 0.717) is 25.8 Å². The molecular formula is C13H23F2N3O3S. The molecule has 0 radical (unpaired) electrons. The Balaban J connectivity index is 1.68. The topological polar surface area (TPSA) is 78.5 Å². The number of piperidine rings is 1. The summed E-state index contributed by atoms with van der Waals surface area (Å²) in [6.45, 7) is 1.62. The summed E-state index contributed by atoms with van der Waals surface area (Å²) in [5, 5.41) is 6.11. The lowest BCUT2D eigenvalue weighted by molar-refractivity contribution is -0.121. The van der Waals surface area contributed by atoms with Gasteiger partial charge >= 0.3 is 5.76 Å². The fourth-order valence-electron chi connectivity index (χ4n) is 2.97. The van der Waals surface area contributed by atoms with Crippen molar-refractivity contribution in [2.75, 3.05) is 26.2 Å². The van der Waals surface area contributed by atoms with Crippen molar-refractivity contribution in [3.63, 3.8) is 0 Å². The number of carbonyl (C=O) groups is 1. The average Bonchev–Trinajstić information content (AvgIpc) is 2.98. The summed E-state index contributed by atoms with van der Waals surface area (Å²) in [5.74, 6) is -3.23. The monoisotopic (exact) mass is 339 g/mol. The number of hydrogen-bond acceptors (Lipinski definition) is 4. The summed E-state index contributed by atoms with van der Waals surface area (Å²) in [5.41, 5.74) is 0. The molecule has 2 aliphatic rings. The first-order valence-electron chi connectivity index (χ1n) is 7.67. The van der Waals surface area contributed by atoms with Gasteiger partial charge in [0.05, 0.1) is 0 Å². The molecule has 0 aliphatic carbocycles. The Kier molecular flexibility index (Phi) is 6.10. The zero-order chi connectivity index (χ0) is 16.2. The summed E-state index contributed by atoms with van der Waals surface area (Å²) in [7, 11) is -4.47. The number of carbonyl (C=O) groups excluding carboxylic acids is 1. The molecule has 0 bridgehead atoms. The highest BCUT2D eigenvalue weighted by atomic mass is 32.2. The van der Waals surface area contributed by atoms with Crippen LogP contribution in [0.25, 0.3) is 0 Å². The molecule has 0 saturated carbocycles. The summed E-state index contributed by atoms with van der Waals surface area (Å²) < 4.78 is 48.4. The Morgan fingerprint density at radius 1 is 1.27 bits per heavy atom. The molecule has 22 heavy (non-hydrogen) atoms. The van der Waals surface area contributed by atoms with Crippen molar-refractivity contribution >= 4 is 15.9 Å². The van der Waals surface area contributed by atoms with Gasteiger partial charge in [0, 0.05) is 32.1 Å². The van der Waals surface area contributed by atoms with Crippen LogP contribution in [-0.2, 0) is 14.8 Å². The third-order valence-electron chi connectivity index (χ3n) is 4.34. The van der Waals surface area contributed by atoms with Crippen LogP contribution >= 0.6 is 0 Å². The normalized spacial score (nSPS) is 24.8. The Labute approximate surface area is 129 Å². The number of sulfonamides is 1. The van der Waals surface area contributed by atoms with Gasteiger partial charge in [0.25, 0.3) is 10.0 Å². The highest BCUT2D eigenvalue weighted by Crippen LogP contribution is 2.22. The largest absolute Gasteiger partial charge is 0.356 e. The molecule has 0 aromatic rings. The van der Waals surface area contributed by atoms with Gasteiger partial charge in [-0.05, 0) is 38.1 Å². The van der Waals surface area contributed by atoms with Gasteiger partial charge in [-0.1, -0.05) is 0 Å². The van der Waals surface area contributed by atoms with Gasteiger partial charge in [-0.15, -0.1) is 0 Å². The predicted octanol–water partition coefficient (Wildman–Crippen LogP) is 0.509. The molecule has 2 fully saturated rings. The van der Waals surface area contributed by atoms with Gasteiger partial charge in [0.15, 0.2) is 0 Å². The van der Waals surface area contributed by atoms with Crippen LogP contribution in [0, 0.1) is 5.92 Å². The van der Waals surface area contributed by atoms with Crippen molar-refractivity contribution in [1.29, 1.82) is 0 Å². The Bertz CT molecular complexity index is 473. The molecule has 2 saturated heterocycles. The Hall–Kier alpha value is -0.800. The third kappa shape index (κ3) is 4.60. The number of rotatable bonds is 6. The summed E-state index contributed by atoms with van der Waals surface area (Å²) in [6.07, 6.45) is 3.55. The van der Waals surface area contributed by atoms with E-state index in [4.69, 9.17) is 0 Å². The molecule has 2 aliphatic heterocycles. The molecule has 0 spiro atoms. The van der Waals surface area contributed by atoms with E-state index in [9.17, 15) is 22.0 Å². The molecule has 0 aromatic heterocycles. The fraction of sp³-hybridized carbons (Fsp3) is 0.923. The predicted molar refractivity (Wildman–Crippen MR) is 77.9 cm³/mol. The first-order chi connectivity index (χ1) is 10.4. The third-order valence-corrected chi connectivity index (χ3v) is 5.88. The van der Waals surface area contributed by atoms with Crippen molar-refractivity contribution in [1.82, 2.24) is 14.9 Å². The maximum Gasteiger partial charge on any atom is 0.350 e. The highest BCUT2D eigenvalue weighted by Gasteiger charge is 2.34. The van der Waals surface area contributed by atoms with E-state index in [0.717, 1.165) is 23.7 Å². The molecule has 2 heterocycles. The van der Waals surface area contributed by atoms with E-state index in [-0.39, 0.29) is 31.0 Å². The van der Waals surface area contributed by atoms with E-state index < -0.39 is 15.8 Å². The summed E-state index contributed by atoms with van der Waals surface area (Å²) >= 11 is 0. The molecule has 128 valence electrons. The van der Waals surface area contributed by atoms with Gasteiger partial charge < -0.3 is 10.6 Å². The van der Waals surface area contributed by atoms with Crippen molar-refractivity contribution in [2.24, 2.45) is 5.92 Å². The molecule has 0 aromatic carbocycles. The molecule has 2 N–H and O–H groups in total. The number of nitrogens with zero attached hydrogens (tertiary/aromatic N) is 1. The van der Waals surface area contributed by atoms with Gasteiger partial charge in [-0.3, -0.25) is 4.79 Å².